The highest BCUT2D eigenvalue weighted by Gasteiger charge is 2.42. The Morgan fingerprint density at radius 1 is 1.40 bits per heavy atom. The number of nitrogens with one attached hydrogen (secondary N) is 1. The van der Waals surface area contributed by atoms with Crippen LogP contribution >= 0.6 is 0 Å². The molecule has 0 saturated heterocycles. The maximum absolute atomic E-state index is 12.7. The van der Waals surface area contributed by atoms with E-state index in [1.165, 1.54) is 7.11 Å². The quantitative estimate of drug-likeness (QED) is 0.831. The van der Waals surface area contributed by atoms with Crippen LogP contribution in [0.25, 0.3) is 0 Å². The summed E-state index contributed by atoms with van der Waals surface area (Å²) in [6.45, 7) is 0. The van der Waals surface area contributed by atoms with Crippen LogP contribution in [0.1, 0.15) is 35.7 Å². The van der Waals surface area contributed by atoms with E-state index in [2.05, 4.69) is 10.4 Å². The lowest BCUT2D eigenvalue weighted by Gasteiger charge is -2.41. The van der Waals surface area contributed by atoms with E-state index in [0.29, 0.717) is 23.5 Å². The number of amides is 1. The molecule has 0 bridgehead atoms. The number of aliphatic hydroxyl groups excluding tert-OH is 1. The largest absolute Gasteiger partial charge is 0.496 e. The first-order valence-electron chi connectivity index (χ1n) is 8.48. The van der Waals surface area contributed by atoms with Gasteiger partial charge in [-0.15, -0.1) is 0 Å². The Kier molecular flexibility index (Phi) is 4.09. The summed E-state index contributed by atoms with van der Waals surface area (Å²) in [4.78, 5) is 12.7. The van der Waals surface area contributed by atoms with Crippen molar-refractivity contribution in [3.05, 3.63) is 42.2 Å². The first kappa shape index (κ1) is 16.0. The van der Waals surface area contributed by atoms with Crippen LogP contribution in [0.3, 0.4) is 0 Å². The summed E-state index contributed by atoms with van der Waals surface area (Å²) in [6, 6.07) is 6.62. The molecule has 2 aromatic rings. The van der Waals surface area contributed by atoms with Crippen molar-refractivity contribution in [2.24, 2.45) is 0 Å². The fourth-order valence-electron chi connectivity index (χ4n) is 3.13. The molecule has 7 heteroatoms. The van der Waals surface area contributed by atoms with Crippen LogP contribution in [-0.4, -0.2) is 46.2 Å². The van der Waals surface area contributed by atoms with E-state index in [0.717, 1.165) is 12.8 Å². The zero-order valence-corrected chi connectivity index (χ0v) is 14.0. The Hall–Kier alpha value is -2.54. The minimum Gasteiger partial charge on any atom is -0.496 e. The number of carbonyl (C=O) groups is 1. The van der Waals surface area contributed by atoms with Crippen molar-refractivity contribution in [3.63, 3.8) is 0 Å². The molecule has 132 valence electrons. The predicted octanol–water partition coefficient (Wildman–Crippen LogP) is 1.54. The van der Waals surface area contributed by atoms with Gasteiger partial charge >= 0.3 is 0 Å². The smallest absolute Gasteiger partial charge is 0.255 e. The molecule has 1 heterocycles. The molecule has 7 nitrogen and oxygen atoms in total. The van der Waals surface area contributed by atoms with Gasteiger partial charge in [0.25, 0.3) is 5.91 Å². The van der Waals surface area contributed by atoms with Crippen LogP contribution in [0.4, 0.5) is 0 Å². The molecule has 3 atom stereocenters. The number of hydrogen-bond acceptors (Lipinski definition) is 5. The van der Waals surface area contributed by atoms with Gasteiger partial charge < -0.3 is 19.9 Å². The van der Waals surface area contributed by atoms with E-state index in [1.807, 2.05) is 0 Å². The summed E-state index contributed by atoms with van der Waals surface area (Å²) in [7, 11) is 1.53. The average Bonchev–Trinajstić information content (AvgIpc) is 3.26. The van der Waals surface area contributed by atoms with Crippen LogP contribution in [0, 0.1) is 0 Å². The fraction of sp³-hybridized carbons (Fsp3) is 0.444. The van der Waals surface area contributed by atoms with E-state index in [-0.39, 0.29) is 24.1 Å². The molecule has 2 fully saturated rings. The number of aromatic nitrogens is 2. The van der Waals surface area contributed by atoms with Crippen LogP contribution in [0.15, 0.2) is 36.7 Å². The van der Waals surface area contributed by atoms with Crippen molar-refractivity contribution in [2.45, 2.75) is 43.6 Å². The first-order chi connectivity index (χ1) is 12.2. The summed E-state index contributed by atoms with van der Waals surface area (Å²) in [5, 5.41) is 17.1. The van der Waals surface area contributed by atoms with Gasteiger partial charge in [0.05, 0.1) is 37.0 Å². The van der Waals surface area contributed by atoms with E-state index in [1.54, 1.807) is 41.3 Å². The molecule has 2 saturated carbocycles. The van der Waals surface area contributed by atoms with Gasteiger partial charge in [-0.05, 0) is 37.5 Å². The molecule has 25 heavy (non-hydrogen) atoms. The summed E-state index contributed by atoms with van der Waals surface area (Å²) >= 11 is 0. The van der Waals surface area contributed by atoms with Crippen molar-refractivity contribution in [2.75, 3.05) is 7.11 Å². The molecular weight excluding hydrogens is 322 g/mol. The molecule has 1 aromatic heterocycles. The lowest BCUT2D eigenvalue weighted by molar-refractivity contribution is -0.00591. The Labute approximate surface area is 145 Å². The van der Waals surface area contributed by atoms with Crippen LogP contribution in [0.2, 0.25) is 0 Å². The molecule has 1 amide bonds. The Balaban J connectivity index is 1.47. The number of aliphatic hydroxyl groups is 1. The van der Waals surface area contributed by atoms with Gasteiger partial charge in [-0.2, -0.15) is 5.10 Å². The first-order valence-corrected chi connectivity index (χ1v) is 8.48. The zero-order chi connectivity index (χ0) is 17.4. The van der Waals surface area contributed by atoms with Gasteiger partial charge in [0.2, 0.25) is 0 Å². The van der Waals surface area contributed by atoms with Crippen molar-refractivity contribution in [1.82, 2.24) is 15.1 Å². The van der Waals surface area contributed by atoms with Crippen molar-refractivity contribution >= 4 is 5.91 Å². The van der Waals surface area contributed by atoms with Gasteiger partial charge in [-0.3, -0.25) is 9.48 Å². The summed E-state index contributed by atoms with van der Waals surface area (Å²) in [5.74, 6) is 0.958. The molecule has 0 unspecified atom stereocenters. The van der Waals surface area contributed by atoms with Gasteiger partial charge in [-0.1, -0.05) is 0 Å². The summed E-state index contributed by atoms with van der Waals surface area (Å²) < 4.78 is 12.8. The zero-order valence-electron chi connectivity index (χ0n) is 14.0. The molecule has 2 aliphatic carbocycles. The number of rotatable bonds is 6. The number of hydrogen-bond donors (Lipinski definition) is 2. The van der Waals surface area contributed by atoms with Crippen molar-refractivity contribution < 1.29 is 19.4 Å². The van der Waals surface area contributed by atoms with Crippen LogP contribution < -0.4 is 14.8 Å². The molecule has 0 radical (unpaired) electrons. The summed E-state index contributed by atoms with van der Waals surface area (Å²) in [6.07, 6.45) is 5.87. The number of ether oxygens (including phenoxy) is 2. The molecule has 1 aromatic carbocycles. The SMILES string of the molecule is COc1cc(OC2CC2)ccc1C(=O)N[C@H]1C[C@@H](O)[C@@H]1n1cccn1. The molecule has 0 spiro atoms. The number of methoxy groups -OCH3 is 1. The number of nitrogens with zero attached hydrogens (tertiary/aromatic N) is 2. The standard InChI is InChI=1S/C18H21N3O4/c1-24-16-9-12(25-11-3-4-11)5-6-13(16)18(23)20-14-10-15(22)17(14)21-8-2-7-19-21/h2,5-9,11,14-15,17,22H,3-4,10H2,1H3,(H,20,23)/t14-,15+,17+/m0/s1. The molecule has 2 N–H and O–H groups in total. The van der Waals surface area contributed by atoms with Gasteiger partial charge in [0, 0.05) is 18.5 Å². The second-order valence-electron chi connectivity index (χ2n) is 6.54. The summed E-state index contributed by atoms with van der Waals surface area (Å²) in [5.41, 5.74) is 0.450. The third kappa shape index (κ3) is 3.19. The predicted molar refractivity (Wildman–Crippen MR) is 89.8 cm³/mol. The normalized spacial score (nSPS) is 25.1. The van der Waals surface area contributed by atoms with E-state index in [4.69, 9.17) is 9.47 Å². The maximum Gasteiger partial charge on any atom is 0.255 e. The van der Waals surface area contributed by atoms with Gasteiger partial charge in [0.15, 0.2) is 0 Å². The highest BCUT2D eigenvalue weighted by atomic mass is 16.5. The van der Waals surface area contributed by atoms with E-state index >= 15 is 0 Å². The van der Waals surface area contributed by atoms with Crippen molar-refractivity contribution in [1.29, 1.82) is 0 Å². The second kappa shape index (κ2) is 6.40. The number of benzene rings is 1. The second-order valence-corrected chi connectivity index (χ2v) is 6.54. The highest BCUT2D eigenvalue weighted by molar-refractivity contribution is 5.97. The van der Waals surface area contributed by atoms with Gasteiger partial charge in [0.1, 0.15) is 11.5 Å². The average molecular weight is 343 g/mol. The van der Waals surface area contributed by atoms with Crippen LogP contribution in [-0.2, 0) is 0 Å². The van der Waals surface area contributed by atoms with Crippen molar-refractivity contribution in [3.8, 4) is 11.5 Å². The molecule has 0 aliphatic heterocycles. The molecule has 4 rings (SSSR count). The Morgan fingerprint density at radius 3 is 2.88 bits per heavy atom. The minimum absolute atomic E-state index is 0.172. The third-order valence-electron chi connectivity index (χ3n) is 4.69. The number of carbonyl (C=O) groups excluding carboxylic acids is 1. The third-order valence-corrected chi connectivity index (χ3v) is 4.69. The van der Waals surface area contributed by atoms with E-state index in [9.17, 15) is 9.90 Å². The lowest BCUT2D eigenvalue weighted by atomic mass is 9.83. The molecule has 2 aliphatic rings. The van der Waals surface area contributed by atoms with Crippen LogP contribution in [0.5, 0.6) is 11.5 Å². The Bertz CT molecular complexity index is 758. The molecular formula is C18H21N3O4. The monoisotopic (exact) mass is 343 g/mol. The highest BCUT2D eigenvalue weighted by Crippen LogP contribution is 2.34. The lowest BCUT2D eigenvalue weighted by Crippen LogP contribution is -2.56. The topological polar surface area (TPSA) is 85.6 Å². The Morgan fingerprint density at radius 2 is 2.24 bits per heavy atom. The maximum atomic E-state index is 12.7. The van der Waals surface area contributed by atoms with Gasteiger partial charge in [-0.25, -0.2) is 0 Å². The minimum atomic E-state index is -0.513. The fourth-order valence-corrected chi connectivity index (χ4v) is 3.13. The van der Waals surface area contributed by atoms with E-state index < -0.39 is 6.10 Å².